The first kappa shape index (κ1) is 20.3. The van der Waals surface area contributed by atoms with Crippen molar-refractivity contribution in [3.8, 4) is 33.8 Å². The summed E-state index contributed by atoms with van der Waals surface area (Å²) in [5, 5.41) is 15.1. The van der Waals surface area contributed by atoms with Crippen LogP contribution in [0, 0.1) is 6.92 Å². The predicted molar refractivity (Wildman–Crippen MR) is 128 cm³/mol. The lowest BCUT2D eigenvalue weighted by Gasteiger charge is -2.04. The lowest BCUT2D eigenvalue weighted by Crippen LogP contribution is -2.21. The Morgan fingerprint density at radius 1 is 0.971 bits per heavy atom. The first-order valence-electron chi connectivity index (χ1n) is 10.6. The van der Waals surface area contributed by atoms with Crippen molar-refractivity contribution >= 4 is 21.6 Å². The van der Waals surface area contributed by atoms with Crippen molar-refractivity contribution in [2.45, 2.75) is 13.5 Å². The zero-order chi connectivity index (χ0) is 23.1. The molecule has 0 aliphatic heterocycles. The molecular formula is C25H17N5O3S. The van der Waals surface area contributed by atoms with E-state index in [-0.39, 0.29) is 23.9 Å². The lowest BCUT2D eigenvalue weighted by atomic mass is 10.1. The number of hydrogen-bond donors (Lipinski definition) is 0. The molecule has 0 atom stereocenters. The Bertz CT molecular complexity index is 1670. The molecule has 9 heteroatoms. The molecule has 0 N–H and O–H groups in total. The fourth-order valence-electron chi connectivity index (χ4n) is 3.89. The van der Waals surface area contributed by atoms with Gasteiger partial charge in [-0.2, -0.15) is 0 Å². The summed E-state index contributed by atoms with van der Waals surface area (Å²) in [6, 6.07) is 19.4. The molecule has 166 valence electrons. The van der Waals surface area contributed by atoms with Crippen LogP contribution < -0.4 is 5.56 Å². The molecule has 34 heavy (non-hydrogen) atoms. The summed E-state index contributed by atoms with van der Waals surface area (Å²) < 4.78 is 12.8. The molecule has 4 heterocycles. The van der Waals surface area contributed by atoms with Crippen LogP contribution in [0.25, 0.3) is 44.1 Å². The maximum Gasteiger partial charge on any atom is 0.263 e. The molecule has 0 aliphatic carbocycles. The van der Waals surface area contributed by atoms with Gasteiger partial charge in [0.2, 0.25) is 5.89 Å². The van der Waals surface area contributed by atoms with Crippen LogP contribution in [0.1, 0.15) is 11.7 Å². The minimum absolute atomic E-state index is 0.101. The molecule has 0 aliphatic rings. The molecule has 0 amide bonds. The van der Waals surface area contributed by atoms with Crippen LogP contribution in [0.3, 0.4) is 0 Å². The van der Waals surface area contributed by atoms with Gasteiger partial charge in [-0.15, -0.1) is 21.5 Å². The molecule has 0 saturated carbocycles. The molecule has 6 aromatic rings. The number of benzene rings is 2. The number of hydrogen-bond acceptors (Lipinski definition) is 8. The van der Waals surface area contributed by atoms with Crippen LogP contribution in [0.5, 0.6) is 0 Å². The van der Waals surface area contributed by atoms with Gasteiger partial charge in [0, 0.05) is 16.5 Å². The first-order valence-corrected chi connectivity index (χ1v) is 11.4. The fraction of sp³-hybridized carbons (Fsp3) is 0.0800. The zero-order valence-electron chi connectivity index (χ0n) is 18.0. The van der Waals surface area contributed by atoms with Gasteiger partial charge in [-0.25, -0.2) is 4.98 Å². The van der Waals surface area contributed by atoms with E-state index in [1.807, 2.05) is 66.0 Å². The van der Waals surface area contributed by atoms with Crippen LogP contribution in [-0.2, 0) is 6.54 Å². The summed E-state index contributed by atoms with van der Waals surface area (Å²) in [5.41, 5.74) is 3.82. The van der Waals surface area contributed by atoms with Crippen LogP contribution in [0.15, 0.2) is 86.1 Å². The highest BCUT2D eigenvalue weighted by Gasteiger charge is 2.22. The number of nitrogens with zero attached hydrogens (tertiary/aromatic N) is 5. The molecule has 0 bridgehead atoms. The van der Waals surface area contributed by atoms with Crippen molar-refractivity contribution in [1.29, 1.82) is 0 Å². The van der Waals surface area contributed by atoms with Crippen molar-refractivity contribution in [1.82, 2.24) is 24.9 Å². The molecule has 4 aromatic heterocycles. The van der Waals surface area contributed by atoms with Crippen molar-refractivity contribution in [3.05, 3.63) is 94.4 Å². The second-order valence-electron chi connectivity index (χ2n) is 7.70. The largest absolute Gasteiger partial charge is 0.419 e. The van der Waals surface area contributed by atoms with E-state index in [9.17, 15) is 4.79 Å². The third-order valence-corrected chi connectivity index (χ3v) is 6.43. The number of fused-ring (bicyclic) bond motifs is 1. The molecule has 8 nitrogen and oxygen atoms in total. The molecule has 0 saturated heterocycles. The smallest absolute Gasteiger partial charge is 0.263 e. The number of aryl methyl sites for hydroxylation is 1. The molecule has 0 radical (unpaired) electrons. The molecule has 0 unspecified atom stereocenters. The minimum Gasteiger partial charge on any atom is -0.419 e. The Kier molecular flexibility index (Phi) is 4.88. The second kappa shape index (κ2) is 8.20. The summed E-state index contributed by atoms with van der Waals surface area (Å²) in [6.45, 7) is 1.90. The summed E-state index contributed by atoms with van der Waals surface area (Å²) in [4.78, 5) is 18.5. The van der Waals surface area contributed by atoms with Gasteiger partial charge in [-0.3, -0.25) is 9.36 Å². The van der Waals surface area contributed by atoms with E-state index in [1.54, 1.807) is 6.92 Å². The first-order chi connectivity index (χ1) is 16.7. The topological polar surface area (TPSA) is 99.8 Å². The van der Waals surface area contributed by atoms with Crippen molar-refractivity contribution in [2.75, 3.05) is 0 Å². The second-order valence-corrected chi connectivity index (χ2v) is 8.56. The van der Waals surface area contributed by atoms with Gasteiger partial charge in [0.25, 0.3) is 11.4 Å². The summed E-state index contributed by atoms with van der Waals surface area (Å²) in [6.07, 6.45) is 1.51. The maximum atomic E-state index is 13.3. The fourth-order valence-corrected chi connectivity index (χ4v) is 4.80. The third-order valence-electron chi connectivity index (χ3n) is 5.54. The highest BCUT2D eigenvalue weighted by Crippen LogP contribution is 2.33. The molecule has 0 spiro atoms. The van der Waals surface area contributed by atoms with Crippen molar-refractivity contribution < 1.29 is 8.94 Å². The molecule has 0 fully saturated rings. The average Bonchev–Trinajstić information content (AvgIpc) is 3.60. The summed E-state index contributed by atoms with van der Waals surface area (Å²) in [5.74, 6) is 1.14. The number of thiophene rings is 1. The van der Waals surface area contributed by atoms with Gasteiger partial charge in [0.1, 0.15) is 28.4 Å². The summed E-state index contributed by atoms with van der Waals surface area (Å²) in [7, 11) is 0. The van der Waals surface area contributed by atoms with Gasteiger partial charge in [-0.05, 0) is 12.5 Å². The van der Waals surface area contributed by atoms with Crippen molar-refractivity contribution in [2.24, 2.45) is 0 Å². The van der Waals surface area contributed by atoms with Crippen LogP contribution in [-0.4, -0.2) is 24.9 Å². The van der Waals surface area contributed by atoms with E-state index in [1.165, 1.54) is 22.2 Å². The van der Waals surface area contributed by atoms with Crippen LogP contribution in [0.2, 0.25) is 0 Å². The lowest BCUT2D eigenvalue weighted by molar-refractivity contribution is 0.399. The third kappa shape index (κ3) is 3.43. The van der Waals surface area contributed by atoms with E-state index in [0.717, 1.165) is 16.7 Å². The Labute approximate surface area is 197 Å². The zero-order valence-corrected chi connectivity index (χ0v) is 18.8. The standard InChI is InChI=1S/C25H17N5O3S/c1-15-20(22(29-33-15)17-10-6-3-7-11-17)23-28-27-19(32-23)12-30-14-26-24-21(25(30)31)18(13-34-24)16-8-4-2-5-9-16/h2-11,13-14H,12H2,1H3. The Hall–Kier alpha value is -4.37. The van der Waals surface area contributed by atoms with E-state index < -0.39 is 0 Å². The van der Waals surface area contributed by atoms with Gasteiger partial charge in [0.15, 0.2) is 0 Å². The maximum absolute atomic E-state index is 13.3. The Balaban J connectivity index is 1.37. The highest BCUT2D eigenvalue weighted by atomic mass is 32.1. The average molecular weight is 468 g/mol. The van der Waals surface area contributed by atoms with Gasteiger partial charge in [0.05, 0.1) is 11.7 Å². The van der Waals surface area contributed by atoms with Crippen molar-refractivity contribution in [3.63, 3.8) is 0 Å². The van der Waals surface area contributed by atoms with Crippen LogP contribution in [0.4, 0.5) is 0 Å². The highest BCUT2D eigenvalue weighted by molar-refractivity contribution is 7.17. The SMILES string of the molecule is Cc1onc(-c2ccccc2)c1-c1nnc(Cn2cnc3scc(-c4ccccc4)c3c2=O)o1. The normalized spacial score (nSPS) is 11.3. The van der Waals surface area contributed by atoms with Gasteiger partial charge < -0.3 is 8.94 Å². The molecule has 2 aromatic carbocycles. The van der Waals surface area contributed by atoms with Gasteiger partial charge >= 0.3 is 0 Å². The predicted octanol–water partition coefficient (Wildman–Crippen LogP) is 5.19. The van der Waals surface area contributed by atoms with E-state index >= 15 is 0 Å². The van der Waals surface area contributed by atoms with Gasteiger partial charge in [-0.1, -0.05) is 65.8 Å². The van der Waals surface area contributed by atoms with E-state index in [2.05, 4.69) is 20.3 Å². The van der Waals surface area contributed by atoms with Crippen LogP contribution >= 0.6 is 11.3 Å². The summed E-state index contributed by atoms with van der Waals surface area (Å²) >= 11 is 1.45. The Morgan fingerprint density at radius 2 is 1.71 bits per heavy atom. The Morgan fingerprint density at radius 3 is 2.47 bits per heavy atom. The van der Waals surface area contributed by atoms with E-state index in [4.69, 9.17) is 8.94 Å². The molecular weight excluding hydrogens is 450 g/mol. The minimum atomic E-state index is -0.156. The number of rotatable bonds is 5. The quantitative estimate of drug-likeness (QED) is 0.344. The number of aromatic nitrogens is 5. The molecule has 6 rings (SSSR count). The van der Waals surface area contributed by atoms with E-state index in [0.29, 0.717) is 27.2 Å². The monoisotopic (exact) mass is 467 g/mol.